The summed E-state index contributed by atoms with van der Waals surface area (Å²) in [5.74, 6) is -0.426. The van der Waals surface area contributed by atoms with E-state index in [1.54, 1.807) is 0 Å². The molecule has 0 saturated carbocycles. The highest BCUT2D eigenvalue weighted by Gasteiger charge is 2.08. The van der Waals surface area contributed by atoms with Crippen LogP contribution in [0.15, 0.2) is 22.9 Å². The van der Waals surface area contributed by atoms with Crippen LogP contribution in [0.3, 0.4) is 0 Å². The Morgan fingerprint density at radius 2 is 2.33 bits per heavy atom. The quantitative estimate of drug-likeness (QED) is 0.593. The SMILES string of the molecule is N#Cc1ccc(F)c2cnoc12. The maximum atomic E-state index is 12.9. The van der Waals surface area contributed by atoms with Crippen LogP contribution in [0, 0.1) is 17.1 Å². The van der Waals surface area contributed by atoms with E-state index in [1.165, 1.54) is 18.3 Å². The third-order valence-corrected chi connectivity index (χ3v) is 1.59. The molecule has 0 radical (unpaired) electrons. The van der Waals surface area contributed by atoms with Gasteiger partial charge in [-0.05, 0) is 12.1 Å². The molecule has 1 heterocycles. The number of rotatable bonds is 0. The molecule has 0 spiro atoms. The molecule has 0 aliphatic rings. The van der Waals surface area contributed by atoms with Crippen molar-refractivity contribution in [3.8, 4) is 6.07 Å². The number of hydrogen-bond donors (Lipinski definition) is 0. The van der Waals surface area contributed by atoms with E-state index in [4.69, 9.17) is 9.78 Å². The van der Waals surface area contributed by atoms with Crippen molar-refractivity contribution in [2.45, 2.75) is 0 Å². The van der Waals surface area contributed by atoms with Gasteiger partial charge in [0.05, 0.1) is 17.1 Å². The molecule has 0 bridgehead atoms. The summed E-state index contributed by atoms with van der Waals surface area (Å²) in [4.78, 5) is 0. The zero-order chi connectivity index (χ0) is 8.55. The fourth-order valence-corrected chi connectivity index (χ4v) is 1.01. The number of halogens is 1. The van der Waals surface area contributed by atoms with Crippen molar-refractivity contribution in [1.82, 2.24) is 5.16 Å². The monoisotopic (exact) mass is 162 g/mol. The van der Waals surface area contributed by atoms with Gasteiger partial charge in [-0.2, -0.15) is 5.26 Å². The molecule has 0 aliphatic heterocycles. The van der Waals surface area contributed by atoms with Crippen LogP contribution < -0.4 is 0 Å². The topological polar surface area (TPSA) is 49.8 Å². The average molecular weight is 162 g/mol. The smallest absolute Gasteiger partial charge is 0.187 e. The van der Waals surface area contributed by atoms with E-state index in [2.05, 4.69) is 5.16 Å². The lowest BCUT2D eigenvalue weighted by atomic mass is 10.2. The summed E-state index contributed by atoms with van der Waals surface area (Å²) in [7, 11) is 0. The lowest BCUT2D eigenvalue weighted by molar-refractivity contribution is 0.455. The molecular weight excluding hydrogens is 159 g/mol. The number of benzene rings is 1. The first-order chi connectivity index (χ1) is 5.83. The second-order valence-electron chi connectivity index (χ2n) is 2.28. The molecule has 0 aliphatic carbocycles. The van der Waals surface area contributed by atoms with Crippen LogP contribution in [0.5, 0.6) is 0 Å². The van der Waals surface area contributed by atoms with Crippen LogP contribution in [-0.4, -0.2) is 5.16 Å². The minimum atomic E-state index is -0.426. The van der Waals surface area contributed by atoms with Gasteiger partial charge in [-0.25, -0.2) is 4.39 Å². The largest absolute Gasteiger partial charge is 0.355 e. The molecule has 0 N–H and O–H groups in total. The first-order valence-electron chi connectivity index (χ1n) is 3.26. The molecule has 12 heavy (non-hydrogen) atoms. The van der Waals surface area contributed by atoms with Crippen LogP contribution in [-0.2, 0) is 0 Å². The van der Waals surface area contributed by atoms with E-state index in [9.17, 15) is 4.39 Å². The van der Waals surface area contributed by atoms with Crippen molar-refractivity contribution < 1.29 is 8.91 Å². The minimum Gasteiger partial charge on any atom is -0.355 e. The number of hydrogen-bond acceptors (Lipinski definition) is 3. The molecule has 3 nitrogen and oxygen atoms in total. The Kier molecular flexibility index (Phi) is 1.31. The molecule has 0 unspecified atom stereocenters. The van der Waals surface area contributed by atoms with Gasteiger partial charge in [-0.1, -0.05) is 5.16 Å². The van der Waals surface area contributed by atoms with Gasteiger partial charge in [0.25, 0.3) is 0 Å². The van der Waals surface area contributed by atoms with E-state index < -0.39 is 5.82 Å². The van der Waals surface area contributed by atoms with E-state index in [1.807, 2.05) is 6.07 Å². The number of nitrogens with zero attached hydrogens (tertiary/aromatic N) is 2. The Hall–Kier alpha value is -1.89. The molecule has 0 amide bonds. The van der Waals surface area contributed by atoms with Crippen LogP contribution in [0.1, 0.15) is 5.56 Å². The van der Waals surface area contributed by atoms with E-state index in [0.29, 0.717) is 5.56 Å². The lowest BCUT2D eigenvalue weighted by Gasteiger charge is -1.90. The third kappa shape index (κ3) is 0.768. The predicted molar refractivity (Wildman–Crippen MR) is 38.7 cm³/mol. The summed E-state index contributed by atoms with van der Waals surface area (Å²) in [6.45, 7) is 0. The molecule has 0 fully saturated rings. The van der Waals surface area contributed by atoms with Gasteiger partial charge < -0.3 is 4.52 Å². The molecule has 1 aromatic carbocycles. The van der Waals surface area contributed by atoms with Crippen LogP contribution in [0.2, 0.25) is 0 Å². The summed E-state index contributed by atoms with van der Waals surface area (Å²) in [6, 6.07) is 4.47. The van der Waals surface area contributed by atoms with Gasteiger partial charge in [-0.3, -0.25) is 0 Å². The lowest BCUT2D eigenvalue weighted by Crippen LogP contribution is -1.78. The average Bonchev–Trinajstić information content (AvgIpc) is 2.54. The molecule has 4 heteroatoms. The molecule has 2 aromatic rings. The summed E-state index contributed by atoms with van der Waals surface area (Å²) >= 11 is 0. The van der Waals surface area contributed by atoms with Crippen molar-refractivity contribution in [3.63, 3.8) is 0 Å². The van der Waals surface area contributed by atoms with Crippen molar-refractivity contribution in [2.24, 2.45) is 0 Å². The number of aromatic nitrogens is 1. The van der Waals surface area contributed by atoms with E-state index in [0.717, 1.165) is 0 Å². The maximum Gasteiger partial charge on any atom is 0.187 e. The van der Waals surface area contributed by atoms with E-state index in [-0.39, 0.29) is 11.0 Å². The van der Waals surface area contributed by atoms with Gasteiger partial charge in [-0.15, -0.1) is 0 Å². The highest BCUT2D eigenvalue weighted by molar-refractivity contribution is 5.82. The Labute approximate surface area is 67.0 Å². The molecule has 0 saturated heterocycles. The number of fused-ring (bicyclic) bond motifs is 1. The summed E-state index contributed by atoms with van der Waals surface area (Å²) < 4.78 is 17.6. The normalized spacial score (nSPS) is 10.0. The second kappa shape index (κ2) is 2.31. The Morgan fingerprint density at radius 1 is 1.50 bits per heavy atom. The Balaban J connectivity index is 2.94. The summed E-state index contributed by atoms with van der Waals surface area (Å²) in [5, 5.41) is 12.2. The highest BCUT2D eigenvalue weighted by Crippen LogP contribution is 2.20. The van der Waals surface area contributed by atoms with E-state index >= 15 is 0 Å². The minimum absolute atomic E-state index is 0.206. The first kappa shape index (κ1) is 6.80. The summed E-state index contributed by atoms with van der Waals surface area (Å²) in [6.07, 6.45) is 1.26. The van der Waals surface area contributed by atoms with Crippen LogP contribution >= 0.6 is 0 Å². The molecule has 2 rings (SSSR count). The molecule has 0 atom stereocenters. The maximum absolute atomic E-state index is 12.9. The van der Waals surface area contributed by atoms with Gasteiger partial charge >= 0.3 is 0 Å². The van der Waals surface area contributed by atoms with Crippen molar-refractivity contribution in [2.75, 3.05) is 0 Å². The van der Waals surface area contributed by atoms with Gasteiger partial charge in [0, 0.05) is 0 Å². The van der Waals surface area contributed by atoms with Gasteiger partial charge in [0.15, 0.2) is 5.58 Å². The fraction of sp³-hybridized carbons (Fsp3) is 0. The molecular formula is C8H3FN2O. The standard InChI is InChI=1S/C8H3FN2O/c9-7-2-1-5(3-10)8-6(7)4-11-12-8/h1-2,4H. The fourth-order valence-electron chi connectivity index (χ4n) is 1.01. The zero-order valence-corrected chi connectivity index (χ0v) is 5.91. The summed E-state index contributed by atoms with van der Waals surface area (Å²) in [5.41, 5.74) is 0.501. The van der Waals surface area contributed by atoms with Crippen LogP contribution in [0.25, 0.3) is 11.0 Å². The van der Waals surface area contributed by atoms with Crippen molar-refractivity contribution in [1.29, 1.82) is 5.26 Å². The van der Waals surface area contributed by atoms with Crippen molar-refractivity contribution >= 4 is 11.0 Å². The van der Waals surface area contributed by atoms with Crippen molar-refractivity contribution in [3.05, 3.63) is 29.7 Å². The molecule has 1 aromatic heterocycles. The Bertz CT molecular complexity index is 469. The predicted octanol–water partition coefficient (Wildman–Crippen LogP) is 1.84. The molecule has 58 valence electrons. The van der Waals surface area contributed by atoms with Gasteiger partial charge in [0.1, 0.15) is 11.9 Å². The third-order valence-electron chi connectivity index (χ3n) is 1.59. The second-order valence-corrected chi connectivity index (χ2v) is 2.28. The highest BCUT2D eigenvalue weighted by atomic mass is 19.1. The Morgan fingerprint density at radius 3 is 3.08 bits per heavy atom. The zero-order valence-electron chi connectivity index (χ0n) is 5.91. The number of nitriles is 1. The van der Waals surface area contributed by atoms with Gasteiger partial charge in [0.2, 0.25) is 0 Å². The first-order valence-corrected chi connectivity index (χ1v) is 3.26. The van der Waals surface area contributed by atoms with Crippen LogP contribution in [0.4, 0.5) is 4.39 Å².